The van der Waals surface area contributed by atoms with Crippen LogP contribution in [0.25, 0.3) is 6.08 Å². The molecule has 0 unspecified atom stereocenters. The first-order valence-corrected chi connectivity index (χ1v) is 6.97. The molecule has 5 heteroatoms. The molecule has 0 aliphatic rings. The van der Waals surface area contributed by atoms with Crippen LogP contribution in [-0.2, 0) is 0 Å². The number of ether oxygens (including phenoxy) is 1. The maximum absolute atomic E-state index is 11.8. The van der Waals surface area contributed by atoms with Crippen molar-refractivity contribution in [3.05, 3.63) is 70.8 Å². The van der Waals surface area contributed by atoms with Crippen molar-refractivity contribution in [2.75, 3.05) is 7.11 Å². The lowest BCUT2D eigenvalue weighted by molar-refractivity contribution is 0.0955. The lowest BCUT2D eigenvalue weighted by Gasteiger charge is -2.02. The summed E-state index contributed by atoms with van der Waals surface area (Å²) in [5.41, 5.74) is 3.82. The summed E-state index contributed by atoms with van der Waals surface area (Å²) in [6.07, 6.45) is 5.05. The molecule has 0 fully saturated rings. The molecule has 4 nitrogen and oxygen atoms in total. The third kappa shape index (κ3) is 4.46. The predicted octanol–water partition coefficient (Wildman–Crippen LogP) is 3.78. The molecule has 0 aromatic heterocycles. The molecule has 1 N–H and O–H groups in total. The fraction of sp³-hybridized carbons (Fsp3) is 0.0588. The van der Waals surface area contributed by atoms with E-state index in [9.17, 15) is 4.79 Å². The lowest BCUT2D eigenvalue weighted by atomic mass is 10.2. The van der Waals surface area contributed by atoms with Crippen molar-refractivity contribution in [1.82, 2.24) is 5.43 Å². The number of amides is 1. The van der Waals surface area contributed by atoms with E-state index in [-0.39, 0.29) is 5.91 Å². The van der Waals surface area contributed by atoms with Crippen molar-refractivity contribution in [2.24, 2.45) is 5.10 Å². The van der Waals surface area contributed by atoms with E-state index in [1.807, 2.05) is 30.3 Å². The second-order valence-electron chi connectivity index (χ2n) is 4.33. The van der Waals surface area contributed by atoms with E-state index in [2.05, 4.69) is 10.5 Å². The second-order valence-corrected chi connectivity index (χ2v) is 4.77. The number of rotatable bonds is 5. The normalized spacial score (nSPS) is 11.0. The van der Waals surface area contributed by atoms with Crippen molar-refractivity contribution in [3.63, 3.8) is 0 Å². The van der Waals surface area contributed by atoms with Crippen LogP contribution in [0.5, 0.6) is 5.75 Å². The molecule has 0 spiro atoms. The fourth-order valence-corrected chi connectivity index (χ4v) is 1.97. The monoisotopic (exact) mass is 314 g/mol. The number of hydrogen-bond donors (Lipinski definition) is 1. The van der Waals surface area contributed by atoms with Crippen molar-refractivity contribution < 1.29 is 9.53 Å². The Morgan fingerprint density at radius 3 is 2.82 bits per heavy atom. The summed E-state index contributed by atoms with van der Waals surface area (Å²) in [5.74, 6) is 0.458. The van der Waals surface area contributed by atoms with Gasteiger partial charge in [0, 0.05) is 22.4 Å². The molecule has 2 aromatic carbocycles. The Morgan fingerprint density at radius 2 is 2.05 bits per heavy atom. The topological polar surface area (TPSA) is 50.7 Å². The van der Waals surface area contributed by atoms with Gasteiger partial charge in [0.2, 0.25) is 0 Å². The van der Waals surface area contributed by atoms with Gasteiger partial charge in [0.15, 0.2) is 0 Å². The molecule has 0 aliphatic heterocycles. The van der Waals surface area contributed by atoms with Crippen LogP contribution < -0.4 is 10.2 Å². The Kier molecular flexibility index (Phi) is 5.74. The zero-order valence-corrected chi connectivity index (χ0v) is 12.7. The average molecular weight is 315 g/mol. The van der Waals surface area contributed by atoms with Crippen LogP contribution in [0.1, 0.15) is 15.9 Å². The predicted molar refractivity (Wildman–Crippen MR) is 89.4 cm³/mol. The quantitative estimate of drug-likeness (QED) is 0.674. The molecule has 0 saturated heterocycles. The molecular weight excluding hydrogens is 300 g/mol. The van der Waals surface area contributed by atoms with E-state index in [4.69, 9.17) is 16.3 Å². The van der Waals surface area contributed by atoms with Gasteiger partial charge >= 0.3 is 0 Å². The number of para-hydroxylation sites is 1. The molecule has 0 saturated carbocycles. The van der Waals surface area contributed by atoms with E-state index in [0.717, 1.165) is 11.3 Å². The fourth-order valence-electron chi connectivity index (χ4n) is 1.78. The van der Waals surface area contributed by atoms with E-state index in [0.29, 0.717) is 10.6 Å². The molecule has 112 valence electrons. The third-order valence-corrected chi connectivity index (χ3v) is 3.06. The van der Waals surface area contributed by atoms with Gasteiger partial charge in [-0.15, -0.1) is 0 Å². The molecule has 1 amide bonds. The van der Waals surface area contributed by atoms with Crippen molar-refractivity contribution in [2.45, 2.75) is 0 Å². The molecule has 0 bridgehead atoms. The summed E-state index contributed by atoms with van der Waals surface area (Å²) < 4.78 is 5.23. The smallest absolute Gasteiger partial charge is 0.271 e. The van der Waals surface area contributed by atoms with Gasteiger partial charge in [0.1, 0.15) is 5.75 Å². The number of hydrazone groups is 1. The zero-order valence-electron chi connectivity index (χ0n) is 12.0. The van der Waals surface area contributed by atoms with E-state index >= 15 is 0 Å². The van der Waals surface area contributed by atoms with Crippen LogP contribution >= 0.6 is 11.6 Å². The Bertz CT molecular complexity index is 711. The zero-order chi connectivity index (χ0) is 15.8. The molecule has 0 heterocycles. The van der Waals surface area contributed by atoms with Gasteiger partial charge in [-0.3, -0.25) is 4.79 Å². The Morgan fingerprint density at radius 1 is 1.23 bits per heavy atom. The largest absolute Gasteiger partial charge is 0.496 e. The van der Waals surface area contributed by atoms with Crippen LogP contribution in [0.3, 0.4) is 0 Å². The van der Waals surface area contributed by atoms with Gasteiger partial charge in [-0.05, 0) is 36.4 Å². The molecule has 2 aromatic rings. The van der Waals surface area contributed by atoms with Gasteiger partial charge in [-0.25, -0.2) is 5.43 Å². The first kappa shape index (κ1) is 15.8. The van der Waals surface area contributed by atoms with Gasteiger partial charge in [-0.2, -0.15) is 5.10 Å². The molecular formula is C17H15ClN2O2. The number of allylic oxidation sites excluding steroid dienone is 1. The van der Waals surface area contributed by atoms with Gasteiger partial charge in [0.25, 0.3) is 5.91 Å². The summed E-state index contributed by atoms with van der Waals surface area (Å²) in [5, 5.41) is 4.36. The van der Waals surface area contributed by atoms with Crippen molar-refractivity contribution in [1.29, 1.82) is 0 Å². The highest BCUT2D eigenvalue weighted by Gasteiger charge is 2.03. The number of carbonyl (C=O) groups is 1. The molecule has 2 rings (SSSR count). The molecule has 22 heavy (non-hydrogen) atoms. The average Bonchev–Trinajstić information content (AvgIpc) is 2.54. The minimum absolute atomic E-state index is 0.315. The summed E-state index contributed by atoms with van der Waals surface area (Å²) in [6.45, 7) is 0. The van der Waals surface area contributed by atoms with Gasteiger partial charge < -0.3 is 4.74 Å². The van der Waals surface area contributed by atoms with E-state index in [1.54, 1.807) is 37.5 Å². The number of carbonyl (C=O) groups excluding carboxylic acids is 1. The maximum Gasteiger partial charge on any atom is 0.271 e. The number of methoxy groups -OCH3 is 1. The summed E-state index contributed by atoms with van der Waals surface area (Å²) >= 11 is 5.83. The van der Waals surface area contributed by atoms with E-state index in [1.165, 1.54) is 6.21 Å². The SMILES string of the molecule is COc1ccccc1/C=C/C=N\NC(=O)c1cccc(Cl)c1. The Labute approximate surface area is 134 Å². The summed E-state index contributed by atoms with van der Waals surface area (Å²) in [7, 11) is 1.62. The number of nitrogens with one attached hydrogen (secondary N) is 1. The number of nitrogens with zero attached hydrogens (tertiary/aromatic N) is 1. The molecule has 0 radical (unpaired) electrons. The summed E-state index contributed by atoms with van der Waals surface area (Å²) in [4.78, 5) is 11.8. The minimum Gasteiger partial charge on any atom is -0.496 e. The highest BCUT2D eigenvalue weighted by molar-refractivity contribution is 6.30. The first-order chi connectivity index (χ1) is 10.7. The number of halogens is 1. The van der Waals surface area contributed by atoms with E-state index < -0.39 is 0 Å². The highest BCUT2D eigenvalue weighted by Crippen LogP contribution is 2.18. The highest BCUT2D eigenvalue weighted by atomic mass is 35.5. The van der Waals surface area contributed by atoms with Crippen LogP contribution in [0.2, 0.25) is 5.02 Å². The lowest BCUT2D eigenvalue weighted by Crippen LogP contribution is -2.17. The van der Waals surface area contributed by atoms with Crippen LogP contribution in [0.4, 0.5) is 0 Å². The summed E-state index contributed by atoms with van der Waals surface area (Å²) in [6, 6.07) is 14.3. The first-order valence-electron chi connectivity index (χ1n) is 6.59. The van der Waals surface area contributed by atoms with Crippen LogP contribution in [0.15, 0.2) is 59.7 Å². The third-order valence-electron chi connectivity index (χ3n) is 2.83. The van der Waals surface area contributed by atoms with Crippen LogP contribution in [0, 0.1) is 0 Å². The number of hydrogen-bond acceptors (Lipinski definition) is 3. The molecule has 0 aliphatic carbocycles. The van der Waals surface area contributed by atoms with Crippen molar-refractivity contribution in [3.8, 4) is 5.75 Å². The van der Waals surface area contributed by atoms with Crippen LogP contribution in [-0.4, -0.2) is 19.2 Å². The van der Waals surface area contributed by atoms with Crippen molar-refractivity contribution >= 4 is 29.8 Å². The maximum atomic E-state index is 11.8. The standard InChI is InChI=1S/C17H15ClN2O2/c1-22-16-10-3-2-6-13(16)8-5-11-19-20-17(21)14-7-4-9-15(18)12-14/h2-12H,1H3,(H,20,21)/b8-5+,19-11-. The Hall–Kier alpha value is -2.59. The number of benzene rings is 2. The minimum atomic E-state index is -0.315. The molecule has 0 atom stereocenters. The van der Waals surface area contributed by atoms with Gasteiger partial charge in [-0.1, -0.05) is 35.9 Å². The van der Waals surface area contributed by atoms with Gasteiger partial charge in [0.05, 0.1) is 7.11 Å². The Balaban J connectivity index is 1.93. The second kappa shape index (κ2) is 8.00.